The van der Waals surface area contributed by atoms with E-state index in [0.717, 1.165) is 12.1 Å². The predicted molar refractivity (Wildman–Crippen MR) is 92.5 cm³/mol. The zero-order valence-electron chi connectivity index (χ0n) is 14.4. The van der Waals surface area contributed by atoms with Crippen molar-refractivity contribution in [2.24, 2.45) is 0 Å². The molecule has 2 atom stereocenters. The van der Waals surface area contributed by atoms with Gasteiger partial charge in [0.15, 0.2) is 11.8 Å². The number of rotatable bonds is 5. The number of fused-ring (bicyclic) bond motifs is 1. The van der Waals surface area contributed by atoms with Gasteiger partial charge >= 0.3 is 0 Å². The molecule has 0 amide bonds. The van der Waals surface area contributed by atoms with E-state index in [1.807, 2.05) is 0 Å². The van der Waals surface area contributed by atoms with Gasteiger partial charge < -0.3 is 5.11 Å². The molecule has 0 saturated carbocycles. The molecule has 4 aromatic rings. The maximum atomic E-state index is 14.6. The lowest BCUT2D eigenvalue weighted by atomic mass is 9.87. The molecule has 9 heteroatoms. The molecule has 0 aliphatic rings. The Morgan fingerprint density at radius 1 is 1.19 bits per heavy atom. The third-order valence-corrected chi connectivity index (χ3v) is 4.65. The number of hydrogen-bond acceptors (Lipinski definition) is 5. The van der Waals surface area contributed by atoms with Gasteiger partial charge in [0.1, 0.15) is 35.4 Å². The van der Waals surface area contributed by atoms with Crippen molar-refractivity contribution in [1.82, 2.24) is 29.3 Å². The predicted octanol–water partition coefficient (Wildman–Crippen LogP) is 2.65. The first-order valence-corrected chi connectivity index (χ1v) is 8.34. The van der Waals surface area contributed by atoms with E-state index in [2.05, 4.69) is 20.1 Å². The maximum Gasteiger partial charge on any atom is 0.164 e. The lowest BCUT2D eigenvalue weighted by molar-refractivity contribution is -0.0396. The minimum absolute atomic E-state index is 0.0512. The third kappa shape index (κ3) is 2.76. The Labute approximate surface area is 152 Å². The van der Waals surface area contributed by atoms with Gasteiger partial charge in [-0.05, 0) is 24.6 Å². The van der Waals surface area contributed by atoms with Crippen LogP contribution in [0.2, 0.25) is 0 Å². The summed E-state index contributed by atoms with van der Waals surface area (Å²) >= 11 is 0. The van der Waals surface area contributed by atoms with Gasteiger partial charge in [-0.3, -0.25) is 4.57 Å². The molecule has 0 bridgehead atoms. The van der Waals surface area contributed by atoms with Crippen molar-refractivity contribution < 1.29 is 13.9 Å². The first-order chi connectivity index (χ1) is 13.0. The number of pyridine rings is 1. The van der Waals surface area contributed by atoms with E-state index in [1.54, 1.807) is 29.8 Å². The Hall–Kier alpha value is -3.20. The summed E-state index contributed by atoms with van der Waals surface area (Å²) in [5.41, 5.74) is -0.714. The molecule has 1 N–H and O–H groups in total. The summed E-state index contributed by atoms with van der Waals surface area (Å²) < 4.78 is 31.0. The van der Waals surface area contributed by atoms with Gasteiger partial charge in [-0.25, -0.2) is 28.4 Å². The molecule has 138 valence electrons. The summed E-state index contributed by atoms with van der Waals surface area (Å²) in [7, 11) is 0. The summed E-state index contributed by atoms with van der Waals surface area (Å²) in [4.78, 5) is 12.6. The molecule has 1 unspecified atom stereocenters. The van der Waals surface area contributed by atoms with E-state index in [9.17, 15) is 13.9 Å². The number of benzene rings is 1. The average Bonchev–Trinajstić information content (AvgIpc) is 3.32. The van der Waals surface area contributed by atoms with Crippen molar-refractivity contribution in [2.75, 3.05) is 0 Å². The highest BCUT2D eigenvalue weighted by atomic mass is 19.1. The fraction of sp³-hybridized carbons (Fsp3) is 0.222. The number of halogens is 2. The smallest absolute Gasteiger partial charge is 0.164 e. The number of aromatic nitrogens is 6. The second-order valence-corrected chi connectivity index (χ2v) is 6.15. The second-order valence-electron chi connectivity index (χ2n) is 6.15. The van der Waals surface area contributed by atoms with Gasteiger partial charge in [0.2, 0.25) is 0 Å². The average molecular weight is 370 g/mol. The topological polar surface area (TPSA) is 81.6 Å². The zero-order valence-corrected chi connectivity index (χ0v) is 14.4. The molecule has 0 radical (unpaired) electrons. The van der Waals surface area contributed by atoms with Gasteiger partial charge in [-0.15, -0.1) is 0 Å². The van der Waals surface area contributed by atoms with E-state index in [0.29, 0.717) is 11.2 Å². The highest BCUT2D eigenvalue weighted by molar-refractivity contribution is 5.70. The zero-order chi connectivity index (χ0) is 19.0. The lowest BCUT2D eigenvalue weighted by Gasteiger charge is -2.36. The van der Waals surface area contributed by atoms with Crippen LogP contribution >= 0.6 is 0 Å². The van der Waals surface area contributed by atoms with Crippen molar-refractivity contribution in [2.45, 2.75) is 25.1 Å². The van der Waals surface area contributed by atoms with Crippen LogP contribution in [0.25, 0.3) is 11.2 Å². The van der Waals surface area contributed by atoms with E-state index in [-0.39, 0.29) is 12.0 Å². The van der Waals surface area contributed by atoms with Gasteiger partial charge in [-0.2, -0.15) is 5.10 Å². The molecule has 0 fully saturated rings. The van der Waals surface area contributed by atoms with E-state index < -0.39 is 23.4 Å². The van der Waals surface area contributed by atoms with Gasteiger partial charge in [0.05, 0.1) is 6.33 Å². The molecule has 7 nitrogen and oxygen atoms in total. The molecule has 0 aliphatic heterocycles. The SMILES string of the molecule is CC[C@@](O)(c1ccc(F)cc1F)C(n1cncn1)n1cnc2cccnc21. The minimum atomic E-state index is -1.77. The number of nitrogens with zero attached hydrogens (tertiary/aromatic N) is 6. The van der Waals surface area contributed by atoms with Crippen molar-refractivity contribution >= 4 is 11.2 Å². The van der Waals surface area contributed by atoms with Gasteiger partial charge in [0, 0.05) is 17.8 Å². The molecule has 0 saturated heterocycles. The van der Waals surface area contributed by atoms with Crippen LogP contribution in [0.15, 0.2) is 55.5 Å². The monoisotopic (exact) mass is 370 g/mol. The summed E-state index contributed by atoms with van der Waals surface area (Å²) in [5, 5.41) is 15.7. The Morgan fingerprint density at radius 3 is 2.74 bits per heavy atom. The van der Waals surface area contributed by atoms with Crippen molar-refractivity contribution in [1.29, 1.82) is 0 Å². The Kier molecular flexibility index (Phi) is 4.15. The van der Waals surface area contributed by atoms with Crippen LogP contribution in [0, 0.1) is 11.6 Å². The normalized spacial score (nSPS) is 15.0. The molecule has 0 aliphatic carbocycles. The molecule has 1 aromatic carbocycles. The first kappa shape index (κ1) is 17.2. The highest BCUT2D eigenvalue weighted by Gasteiger charge is 2.43. The van der Waals surface area contributed by atoms with Crippen LogP contribution < -0.4 is 0 Å². The summed E-state index contributed by atoms with van der Waals surface area (Å²) in [6.07, 6.45) is 5.02. The Morgan fingerprint density at radius 2 is 2.04 bits per heavy atom. The minimum Gasteiger partial charge on any atom is -0.381 e. The van der Waals surface area contributed by atoms with Crippen molar-refractivity contribution in [3.63, 3.8) is 0 Å². The van der Waals surface area contributed by atoms with Crippen LogP contribution in [0.1, 0.15) is 25.1 Å². The molecular weight excluding hydrogens is 354 g/mol. The summed E-state index contributed by atoms with van der Waals surface area (Å²) in [6, 6.07) is 6.63. The van der Waals surface area contributed by atoms with Crippen LogP contribution in [-0.4, -0.2) is 34.4 Å². The fourth-order valence-corrected chi connectivity index (χ4v) is 3.32. The fourth-order valence-electron chi connectivity index (χ4n) is 3.32. The molecule has 4 rings (SSSR count). The van der Waals surface area contributed by atoms with Gasteiger partial charge in [0.25, 0.3) is 0 Å². The largest absolute Gasteiger partial charge is 0.381 e. The summed E-state index contributed by atoms with van der Waals surface area (Å²) in [6.45, 7) is 1.71. The van der Waals surface area contributed by atoms with E-state index >= 15 is 0 Å². The number of aliphatic hydroxyl groups is 1. The quantitative estimate of drug-likeness (QED) is 0.584. The lowest BCUT2D eigenvalue weighted by Crippen LogP contribution is -2.41. The Bertz CT molecular complexity index is 1080. The van der Waals surface area contributed by atoms with Crippen LogP contribution in [-0.2, 0) is 5.60 Å². The van der Waals surface area contributed by atoms with E-state index in [4.69, 9.17) is 0 Å². The number of imidazole rings is 1. The van der Waals surface area contributed by atoms with Crippen LogP contribution in [0.5, 0.6) is 0 Å². The first-order valence-electron chi connectivity index (χ1n) is 8.34. The third-order valence-electron chi connectivity index (χ3n) is 4.65. The Balaban J connectivity index is 1.97. The molecule has 3 aromatic heterocycles. The molecular formula is C18H16F2N6O. The summed E-state index contributed by atoms with van der Waals surface area (Å²) in [5.74, 6) is -1.57. The van der Waals surface area contributed by atoms with Crippen molar-refractivity contribution in [3.8, 4) is 0 Å². The molecule has 0 spiro atoms. The van der Waals surface area contributed by atoms with Crippen LogP contribution in [0.4, 0.5) is 8.78 Å². The maximum absolute atomic E-state index is 14.6. The molecule has 27 heavy (non-hydrogen) atoms. The standard InChI is InChI=1S/C18H16F2N6O/c1-2-18(27,13-6-5-12(19)8-14(13)20)17(26-10-21-9-24-26)25-11-23-15-4-3-7-22-16(15)25/h3-11,17,27H,2H2,1H3/t17?,18-/m1/s1. The molecule has 3 heterocycles. The van der Waals surface area contributed by atoms with E-state index in [1.165, 1.54) is 29.7 Å². The highest BCUT2D eigenvalue weighted by Crippen LogP contribution is 2.39. The van der Waals surface area contributed by atoms with Crippen LogP contribution in [0.3, 0.4) is 0 Å². The van der Waals surface area contributed by atoms with Gasteiger partial charge in [-0.1, -0.05) is 13.0 Å². The van der Waals surface area contributed by atoms with Crippen molar-refractivity contribution in [3.05, 3.63) is 72.7 Å². The number of hydrogen-bond donors (Lipinski definition) is 1. The second kappa shape index (κ2) is 6.51.